The fraction of sp³-hybridized carbons (Fsp3) is 0.308. The molecule has 2 rings (SSSR count). The lowest BCUT2D eigenvalue weighted by Gasteiger charge is -2.06. The van der Waals surface area contributed by atoms with E-state index in [1.165, 1.54) is 0 Å². The summed E-state index contributed by atoms with van der Waals surface area (Å²) in [6.07, 6.45) is 0. The Balaban J connectivity index is 2.18. The molecule has 0 bridgehead atoms. The molecule has 0 saturated heterocycles. The first-order valence-electron chi connectivity index (χ1n) is 5.69. The Morgan fingerprint density at radius 1 is 1.56 bits per heavy atom. The van der Waals surface area contributed by atoms with Crippen molar-refractivity contribution in [3.63, 3.8) is 0 Å². The van der Waals surface area contributed by atoms with Gasteiger partial charge in [0.25, 0.3) is 0 Å². The van der Waals surface area contributed by atoms with Gasteiger partial charge in [0.2, 0.25) is 0 Å². The van der Waals surface area contributed by atoms with Gasteiger partial charge in [0.1, 0.15) is 0 Å². The lowest BCUT2D eigenvalue weighted by molar-refractivity contribution is 0.148. The number of benzene rings is 1. The van der Waals surface area contributed by atoms with Crippen molar-refractivity contribution in [3.05, 3.63) is 40.1 Å². The predicted octanol–water partition coefficient (Wildman–Crippen LogP) is 3.94. The van der Waals surface area contributed by atoms with Gasteiger partial charge in [-0.2, -0.15) is 0 Å². The van der Waals surface area contributed by atoms with E-state index in [2.05, 4.69) is 11.6 Å². The van der Waals surface area contributed by atoms with Crippen LogP contribution in [0.1, 0.15) is 6.92 Å². The van der Waals surface area contributed by atoms with Gasteiger partial charge in [-0.25, -0.2) is 0 Å². The minimum Gasteiger partial charge on any atom is -0.375 e. The van der Waals surface area contributed by atoms with E-state index >= 15 is 0 Å². The van der Waals surface area contributed by atoms with E-state index in [4.69, 9.17) is 28.6 Å². The van der Waals surface area contributed by atoms with Gasteiger partial charge in [-0.05, 0) is 31.3 Å². The smallest absolute Gasteiger partial charge is 0.178 e. The third kappa shape index (κ3) is 2.83. The van der Waals surface area contributed by atoms with Crippen molar-refractivity contribution in [2.45, 2.75) is 13.5 Å². The largest absolute Gasteiger partial charge is 0.375 e. The highest BCUT2D eigenvalue weighted by Gasteiger charge is 2.06. The van der Waals surface area contributed by atoms with Crippen molar-refractivity contribution in [1.82, 2.24) is 9.55 Å². The number of hydrogen-bond donors (Lipinski definition) is 1. The number of imidazole rings is 1. The Labute approximate surface area is 116 Å². The number of aromatic amines is 1. The molecule has 0 spiro atoms. The average Bonchev–Trinajstić information content (AvgIpc) is 2.63. The maximum Gasteiger partial charge on any atom is 0.178 e. The highest BCUT2D eigenvalue weighted by Crippen LogP contribution is 2.22. The molecular formula is C13H15ClN2OS. The van der Waals surface area contributed by atoms with Gasteiger partial charge < -0.3 is 14.3 Å². The third-order valence-corrected chi connectivity index (χ3v) is 3.20. The molecule has 0 saturated carbocycles. The molecule has 3 nitrogen and oxygen atoms in total. The Bertz CT molecular complexity index is 629. The van der Waals surface area contributed by atoms with Gasteiger partial charge in [-0.3, -0.25) is 0 Å². The second-order valence-electron chi connectivity index (χ2n) is 4.23. The Morgan fingerprint density at radius 2 is 2.33 bits per heavy atom. The van der Waals surface area contributed by atoms with Crippen LogP contribution in [-0.2, 0) is 11.3 Å². The average molecular weight is 283 g/mol. The van der Waals surface area contributed by atoms with Gasteiger partial charge in [0.05, 0.1) is 29.3 Å². The maximum atomic E-state index is 6.11. The van der Waals surface area contributed by atoms with E-state index in [9.17, 15) is 0 Å². The molecule has 5 heteroatoms. The van der Waals surface area contributed by atoms with E-state index in [0.717, 1.165) is 16.6 Å². The van der Waals surface area contributed by atoms with Crippen LogP contribution in [0.4, 0.5) is 0 Å². The number of aromatic nitrogens is 2. The topological polar surface area (TPSA) is 29.9 Å². The standard InChI is InChI=1S/C13H15ClN2OS/c1-9(2)8-17-7-6-16-11-5-3-4-10(14)12(11)15-13(16)18/h3-5H,1,6-8H2,2H3,(H,15,18). The summed E-state index contributed by atoms with van der Waals surface area (Å²) in [5, 5.41) is 0.681. The lowest BCUT2D eigenvalue weighted by atomic mass is 10.3. The number of halogens is 1. The van der Waals surface area contributed by atoms with Crippen LogP contribution in [-0.4, -0.2) is 22.8 Å². The van der Waals surface area contributed by atoms with Crippen molar-refractivity contribution in [1.29, 1.82) is 0 Å². The molecule has 0 aliphatic carbocycles. The molecule has 0 amide bonds. The van der Waals surface area contributed by atoms with E-state index in [0.29, 0.717) is 29.6 Å². The molecule has 18 heavy (non-hydrogen) atoms. The predicted molar refractivity (Wildman–Crippen MR) is 77.8 cm³/mol. The summed E-state index contributed by atoms with van der Waals surface area (Å²) >= 11 is 11.4. The maximum absolute atomic E-state index is 6.11. The number of hydrogen-bond acceptors (Lipinski definition) is 2. The van der Waals surface area contributed by atoms with E-state index in [-0.39, 0.29) is 0 Å². The first-order chi connectivity index (χ1) is 8.59. The minimum atomic E-state index is 0.580. The first kappa shape index (κ1) is 13.3. The highest BCUT2D eigenvalue weighted by molar-refractivity contribution is 7.71. The summed E-state index contributed by atoms with van der Waals surface area (Å²) in [7, 11) is 0. The molecule has 0 fully saturated rings. The number of nitrogens with zero attached hydrogens (tertiary/aromatic N) is 1. The molecule has 0 aliphatic rings. The normalized spacial score (nSPS) is 11.0. The second-order valence-corrected chi connectivity index (χ2v) is 5.02. The quantitative estimate of drug-likeness (QED) is 0.511. The van der Waals surface area contributed by atoms with Crippen LogP contribution >= 0.6 is 23.8 Å². The van der Waals surface area contributed by atoms with Crippen LogP contribution in [0.25, 0.3) is 11.0 Å². The molecule has 0 atom stereocenters. The summed E-state index contributed by atoms with van der Waals surface area (Å²) in [6, 6.07) is 5.75. The van der Waals surface area contributed by atoms with Gasteiger partial charge >= 0.3 is 0 Å². The van der Waals surface area contributed by atoms with Crippen molar-refractivity contribution in [2.24, 2.45) is 0 Å². The Hall–Kier alpha value is -1.10. The number of nitrogens with one attached hydrogen (secondary N) is 1. The Kier molecular flexibility index (Phi) is 4.22. The van der Waals surface area contributed by atoms with Gasteiger partial charge in [0.15, 0.2) is 4.77 Å². The second kappa shape index (κ2) is 5.69. The van der Waals surface area contributed by atoms with Crippen LogP contribution in [0.2, 0.25) is 5.02 Å². The molecule has 0 radical (unpaired) electrons. The highest BCUT2D eigenvalue weighted by atomic mass is 35.5. The number of rotatable bonds is 5. The zero-order chi connectivity index (χ0) is 13.1. The van der Waals surface area contributed by atoms with E-state index < -0.39 is 0 Å². The summed E-state index contributed by atoms with van der Waals surface area (Å²) in [6.45, 7) is 7.61. The zero-order valence-electron chi connectivity index (χ0n) is 10.2. The van der Waals surface area contributed by atoms with Crippen LogP contribution < -0.4 is 0 Å². The molecule has 1 heterocycles. The minimum absolute atomic E-state index is 0.580. The van der Waals surface area contributed by atoms with Crippen LogP contribution in [0.3, 0.4) is 0 Å². The van der Waals surface area contributed by atoms with Crippen molar-refractivity contribution in [3.8, 4) is 0 Å². The molecular weight excluding hydrogens is 268 g/mol. The monoisotopic (exact) mass is 282 g/mol. The summed E-state index contributed by atoms with van der Waals surface area (Å²) in [5.74, 6) is 0. The van der Waals surface area contributed by atoms with E-state index in [1.807, 2.05) is 29.7 Å². The van der Waals surface area contributed by atoms with Crippen LogP contribution in [0.5, 0.6) is 0 Å². The van der Waals surface area contributed by atoms with Crippen molar-refractivity contribution < 1.29 is 4.74 Å². The van der Waals surface area contributed by atoms with Gasteiger partial charge in [-0.15, -0.1) is 0 Å². The number of fused-ring (bicyclic) bond motifs is 1. The SMILES string of the molecule is C=C(C)COCCn1c(=S)[nH]c2c(Cl)cccc21. The fourth-order valence-electron chi connectivity index (χ4n) is 1.77. The van der Waals surface area contributed by atoms with Gasteiger partial charge in [-0.1, -0.05) is 29.8 Å². The zero-order valence-corrected chi connectivity index (χ0v) is 11.8. The third-order valence-electron chi connectivity index (χ3n) is 2.57. The summed E-state index contributed by atoms with van der Waals surface area (Å²) in [4.78, 5) is 3.12. The van der Waals surface area contributed by atoms with Crippen LogP contribution in [0, 0.1) is 4.77 Å². The Morgan fingerprint density at radius 3 is 3.06 bits per heavy atom. The molecule has 0 unspecified atom stereocenters. The lowest BCUT2D eigenvalue weighted by Crippen LogP contribution is -2.07. The molecule has 1 aromatic heterocycles. The fourth-order valence-corrected chi connectivity index (χ4v) is 2.28. The van der Waals surface area contributed by atoms with Gasteiger partial charge in [0, 0.05) is 6.54 Å². The molecule has 0 aliphatic heterocycles. The van der Waals surface area contributed by atoms with Crippen LogP contribution in [0.15, 0.2) is 30.4 Å². The summed E-state index contributed by atoms with van der Waals surface area (Å²) < 4.78 is 8.15. The number of para-hydroxylation sites is 1. The van der Waals surface area contributed by atoms with Crippen molar-refractivity contribution in [2.75, 3.05) is 13.2 Å². The van der Waals surface area contributed by atoms with E-state index in [1.54, 1.807) is 0 Å². The first-order valence-corrected chi connectivity index (χ1v) is 6.47. The summed E-state index contributed by atoms with van der Waals surface area (Å²) in [5.41, 5.74) is 2.90. The molecule has 1 aromatic carbocycles. The molecule has 2 aromatic rings. The number of H-pyrrole nitrogens is 1. The number of ether oxygens (including phenoxy) is 1. The van der Waals surface area contributed by atoms with Crippen molar-refractivity contribution >= 4 is 34.9 Å². The molecule has 96 valence electrons. The molecule has 1 N–H and O–H groups in total.